The summed E-state index contributed by atoms with van der Waals surface area (Å²) in [6.07, 6.45) is -0.440. The van der Waals surface area contributed by atoms with Gasteiger partial charge in [-0.15, -0.1) is 0 Å². The van der Waals surface area contributed by atoms with E-state index in [9.17, 15) is 5.11 Å². The first kappa shape index (κ1) is 18.2. The number of benzene rings is 1. The Morgan fingerprint density at radius 3 is 2.39 bits per heavy atom. The van der Waals surface area contributed by atoms with E-state index in [-0.39, 0.29) is 6.61 Å². The van der Waals surface area contributed by atoms with Gasteiger partial charge in [-0.25, -0.2) is 0 Å². The monoisotopic (exact) mass is 324 g/mol. The van der Waals surface area contributed by atoms with Crippen molar-refractivity contribution in [2.24, 2.45) is 0 Å². The molecule has 2 rings (SSSR count). The maximum atomic E-state index is 10.3. The second-order valence-corrected chi connectivity index (χ2v) is 6.84. The lowest BCUT2D eigenvalue weighted by atomic mass is 10.0. The summed E-state index contributed by atoms with van der Waals surface area (Å²) in [6, 6.07) is 8.06. The molecule has 1 aromatic carbocycles. The molecule has 4 N–H and O–H groups in total. The highest BCUT2D eigenvalue weighted by Crippen LogP contribution is 2.25. The summed E-state index contributed by atoms with van der Waals surface area (Å²) in [5.74, 6) is 1.30. The molecule has 130 valence electrons. The number of aliphatic hydroxyl groups excluding tert-OH is 2. The van der Waals surface area contributed by atoms with Crippen molar-refractivity contribution in [3.8, 4) is 5.75 Å². The van der Waals surface area contributed by atoms with Gasteiger partial charge in [-0.3, -0.25) is 0 Å². The maximum absolute atomic E-state index is 10.3. The van der Waals surface area contributed by atoms with Crippen LogP contribution < -0.4 is 14.5 Å². The first-order valence-electron chi connectivity index (χ1n) is 8.78. The van der Waals surface area contributed by atoms with Crippen molar-refractivity contribution in [3.63, 3.8) is 0 Å². The van der Waals surface area contributed by atoms with Gasteiger partial charge in [-0.2, -0.15) is 0 Å². The van der Waals surface area contributed by atoms with Crippen LogP contribution in [0.2, 0.25) is 0 Å². The van der Waals surface area contributed by atoms with E-state index in [4.69, 9.17) is 9.84 Å². The molecule has 0 aromatic heterocycles. The minimum Gasteiger partial charge on any atom is -0.490 e. The van der Waals surface area contributed by atoms with E-state index in [1.165, 1.54) is 15.4 Å². The van der Waals surface area contributed by atoms with E-state index in [0.717, 1.165) is 45.0 Å². The van der Waals surface area contributed by atoms with Gasteiger partial charge in [-0.05, 0) is 17.5 Å². The lowest BCUT2D eigenvalue weighted by molar-refractivity contribution is -1.01. The number of ether oxygens (including phenoxy) is 1. The molecule has 0 radical (unpaired) electrons. The zero-order chi connectivity index (χ0) is 16.7. The Balaban J connectivity index is 1.75. The largest absolute Gasteiger partial charge is 0.490 e. The van der Waals surface area contributed by atoms with Crippen molar-refractivity contribution in [1.29, 1.82) is 0 Å². The maximum Gasteiger partial charge on any atom is 0.137 e. The minimum atomic E-state index is -0.440. The number of aliphatic hydroxyl groups is 2. The number of hydrogen-bond acceptors (Lipinski definition) is 3. The Hall–Kier alpha value is -1.14. The zero-order valence-electron chi connectivity index (χ0n) is 14.4. The Morgan fingerprint density at radius 2 is 1.74 bits per heavy atom. The fourth-order valence-corrected chi connectivity index (χ4v) is 3.24. The van der Waals surface area contributed by atoms with Gasteiger partial charge in [0.1, 0.15) is 57.7 Å². The minimum absolute atomic E-state index is 0.260. The van der Waals surface area contributed by atoms with Crippen molar-refractivity contribution >= 4 is 0 Å². The SMILES string of the molecule is CC(C)c1ccccc1OC[C@H](O)C[NH+]1CC[NH+](CCO)CC1. The van der Waals surface area contributed by atoms with Gasteiger partial charge >= 0.3 is 0 Å². The summed E-state index contributed by atoms with van der Waals surface area (Å²) in [6.45, 7) is 10.7. The number of nitrogens with one attached hydrogen (secondary N) is 2. The molecule has 0 unspecified atom stereocenters. The van der Waals surface area contributed by atoms with Crippen molar-refractivity contribution in [1.82, 2.24) is 0 Å². The van der Waals surface area contributed by atoms with Gasteiger partial charge in [0.15, 0.2) is 0 Å². The van der Waals surface area contributed by atoms with Crippen molar-refractivity contribution in [2.45, 2.75) is 25.9 Å². The number of quaternary nitrogens is 2. The van der Waals surface area contributed by atoms with E-state index in [2.05, 4.69) is 19.9 Å². The highest BCUT2D eigenvalue weighted by atomic mass is 16.5. The second kappa shape index (κ2) is 9.23. The standard InChI is InChI=1S/C18H30N2O3/c1-15(2)17-5-3-4-6-18(17)23-14-16(22)13-20-9-7-19(8-10-20)11-12-21/h3-6,15-16,21-22H,7-14H2,1-2H3/p+2/t16-/m1/s1. The molecule has 1 heterocycles. The summed E-state index contributed by atoms with van der Waals surface area (Å²) < 4.78 is 5.86. The Bertz CT molecular complexity index is 459. The van der Waals surface area contributed by atoms with Gasteiger partial charge in [0, 0.05) is 0 Å². The quantitative estimate of drug-likeness (QED) is 0.462. The normalized spacial score (nSPS) is 23.0. The molecule has 1 aliphatic heterocycles. The van der Waals surface area contributed by atoms with Gasteiger partial charge in [0.2, 0.25) is 0 Å². The summed E-state index contributed by atoms with van der Waals surface area (Å²) in [5.41, 5.74) is 1.19. The number of hydrogen-bond donors (Lipinski definition) is 4. The van der Waals surface area contributed by atoms with Gasteiger partial charge < -0.3 is 24.7 Å². The van der Waals surface area contributed by atoms with E-state index < -0.39 is 6.10 Å². The van der Waals surface area contributed by atoms with E-state index in [1.807, 2.05) is 18.2 Å². The van der Waals surface area contributed by atoms with Crippen LogP contribution in [0.5, 0.6) is 5.75 Å². The van der Waals surface area contributed by atoms with Gasteiger partial charge in [-0.1, -0.05) is 32.0 Å². The Kier molecular flexibility index (Phi) is 7.30. The molecule has 1 saturated heterocycles. The predicted molar refractivity (Wildman–Crippen MR) is 90.2 cm³/mol. The molecule has 0 bridgehead atoms. The molecule has 5 nitrogen and oxygen atoms in total. The summed E-state index contributed by atoms with van der Waals surface area (Å²) in [4.78, 5) is 2.90. The molecule has 5 heteroatoms. The van der Waals surface area contributed by atoms with Crippen LogP contribution in [-0.2, 0) is 0 Å². The molecule has 1 aromatic rings. The average molecular weight is 324 g/mol. The summed E-state index contributed by atoms with van der Waals surface area (Å²) in [5, 5.41) is 19.3. The third-order valence-corrected chi connectivity index (χ3v) is 4.63. The highest BCUT2D eigenvalue weighted by molar-refractivity contribution is 5.35. The van der Waals surface area contributed by atoms with E-state index in [1.54, 1.807) is 0 Å². The van der Waals surface area contributed by atoms with Crippen molar-refractivity contribution in [3.05, 3.63) is 29.8 Å². The molecule has 1 fully saturated rings. The molecule has 0 aliphatic carbocycles. The van der Waals surface area contributed by atoms with E-state index in [0.29, 0.717) is 12.5 Å². The first-order chi connectivity index (χ1) is 11.1. The van der Waals surface area contributed by atoms with Crippen LogP contribution >= 0.6 is 0 Å². The van der Waals surface area contributed by atoms with Crippen molar-refractivity contribution in [2.75, 3.05) is 52.5 Å². The Labute approximate surface area is 139 Å². The summed E-state index contributed by atoms with van der Waals surface area (Å²) >= 11 is 0. The molecule has 0 saturated carbocycles. The topological polar surface area (TPSA) is 58.6 Å². The van der Waals surface area contributed by atoms with Crippen LogP contribution in [0.3, 0.4) is 0 Å². The number of para-hydroxylation sites is 1. The molecule has 0 spiro atoms. The number of rotatable bonds is 8. The highest BCUT2D eigenvalue weighted by Gasteiger charge is 2.24. The van der Waals surface area contributed by atoms with Crippen LogP contribution in [0.25, 0.3) is 0 Å². The fourth-order valence-electron chi connectivity index (χ4n) is 3.24. The third-order valence-electron chi connectivity index (χ3n) is 4.63. The number of piperazine rings is 1. The molecule has 23 heavy (non-hydrogen) atoms. The fraction of sp³-hybridized carbons (Fsp3) is 0.667. The Morgan fingerprint density at radius 1 is 1.09 bits per heavy atom. The lowest BCUT2D eigenvalue weighted by Crippen LogP contribution is -3.28. The van der Waals surface area contributed by atoms with E-state index >= 15 is 0 Å². The molecule has 1 atom stereocenters. The lowest BCUT2D eigenvalue weighted by Gasteiger charge is -2.30. The van der Waals surface area contributed by atoms with Crippen molar-refractivity contribution < 1.29 is 24.7 Å². The zero-order valence-corrected chi connectivity index (χ0v) is 14.4. The third kappa shape index (κ3) is 5.77. The summed E-state index contributed by atoms with van der Waals surface area (Å²) in [7, 11) is 0. The van der Waals surface area contributed by atoms with Crippen LogP contribution in [0, 0.1) is 0 Å². The van der Waals surface area contributed by atoms with Crippen LogP contribution in [0.4, 0.5) is 0 Å². The average Bonchev–Trinajstić information content (AvgIpc) is 2.55. The molecule has 1 aliphatic rings. The van der Waals surface area contributed by atoms with Crippen LogP contribution in [-0.4, -0.2) is 68.8 Å². The van der Waals surface area contributed by atoms with Gasteiger partial charge in [0.05, 0.1) is 6.61 Å². The first-order valence-corrected chi connectivity index (χ1v) is 8.78. The van der Waals surface area contributed by atoms with Gasteiger partial charge in [0.25, 0.3) is 0 Å². The van der Waals surface area contributed by atoms with Crippen LogP contribution in [0.1, 0.15) is 25.3 Å². The smallest absolute Gasteiger partial charge is 0.137 e. The molecular formula is C18H32N2O3+2. The molecule has 0 amide bonds. The molecular weight excluding hydrogens is 292 g/mol. The predicted octanol–water partition coefficient (Wildman–Crippen LogP) is -1.67. The van der Waals surface area contributed by atoms with Crippen LogP contribution in [0.15, 0.2) is 24.3 Å². The second-order valence-electron chi connectivity index (χ2n) is 6.84.